The summed E-state index contributed by atoms with van der Waals surface area (Å²) in [4.78, 5) is 14.0. The summed E-state index contributed by atoms with van der Waals surface area (Å²) in [5, 5.41) is 0. The van der Waals surface area contributed by atoms with E-state index >= 15 is 0 Å². The van der Waals surface area contributed by atoms with Gasteiger partial charge in [0.05, 0.1) is 0 Å². The maximum Gasteiger partial charge on any atom is 0.236 e. The number of isocyanates is 1. The summed E-state index contributed by atoms with van der Waals surface area (Å²) in [6.07, 6.45) is 1.56. The third kappa shape index (κ3) is 2.10. The summed E-state index contributed by atoms with van der Waals surface area (Å²) < 4.78 is 0. The number of aliphatic imine (C=N–C) groups is 1. The monoisotopic (exact) mass is 185 g/mol. The molecule has 2 heteroatoms. The van der Waals surface area contributed by atoms with Gasteiger partial charge in [0.15, 0.2) is 5.54 Å². The molecule has 0 aliphatic heterocycles. The van der Waals surface area contributed by atoms with Crippen LogP contribution >= 0.6 is 0 Å². The van der Waals surface area contributed by atoms with Crippen molar-refractivity contribution in [3.63, 3.8) is 0 Å². The molecule has 0 amide bonds. The van der Waals surface area contributed by atoms with E-state index in [-0.39, 0.29) is 0 Å². The van der Waals surface area contributed by atoms with Crippen molar-refractivity contribution in [1.29, 1.82) is 0 Å². The van der Waals surface area contributed by atoms with E-state index in [4.69, 9.17) is 0 Å². The lowest BCUT2D eigenvalue weighted by Gasteiger charge is -2.16. The first-order chi connectivity index (χ1) is 6.73. The summed E-state index contributed by atoms with van der Waals surface area (Å²) in [6.45, 7) is 3.52. The average molecular weight is 185 g/mol. The van der Waals surface area contributed by atoms with Gasteiger partial charge in [0.2, 0.25) is 6.08 Å². The predicted molar refractivity (Wildman–Crippen MR) is 55.4 cm³/mol. The summed E-state index contributed by atoms with van der Waals surface area (Å²) in [7, 11) is 0. The first-order valence-electron chi connectivity index (χ1n) is 4.31. The van der Waals surface area contributed by atoms with Gasteiger partial charge in [-0.05, 0) is 19.4 Å². The molecule has 1 aromatic carbocycles. The van der Waals surface area contributed by atoms with Gasteiger partial charge in [-0.1, -0.05) is 36.3 Å². The molecule has 0 radical (unpaired) electrons. The number of hydrogen-bond acceptors (Lipinski definition) is 2. The van der Waals surface area contributed by atoms with Crippen molar-refractivity contribution in [2.45, 2.75) is 19.4 Å². The summed E-state index contributed by atoms with van der Waals surface area (Å²) >= 11 is 0. The van der Waals surface area contributed by atoms with Crippen LogP contribution in [0.2, 0.25) is 0 Å². The van der Waals surface area contributed by atoms with Gasteiger partial charge < -0.3 is 0 Å². The van der Waals surface area contributed by atoms with Crippen LogP contribution in [0.3, 0.4) is 0 Å². The molecular formula is C12H11NO. The molecule has 1 unspecified atom stereocenters. The fourth-order valence-corrected chi connectivity index (χ4v) is 1.26. The van der Waals surface area contributed by atoms with Gasteiger partial charge in [-0.3, -0.25) is 0 Å². The minimum absolute atomic E-state index is 0.766. The molecule has 1 atom stereocenters. The molecule has 0 aliphatic carbocycles. The second-order valence-corrected chi connectivity index (χ2v) is 3.02. The summed E-state index contributed by atoms with van der Waals surface area (Å²) in [6, 6.07) is 9.49. The van der Waals surface area contributed by atoms with Crippen LogP contribution in [0.5, 0.6) is 0 Å². The molecule has 0 saturated carbocycles. The van der Waals surface area contributed by atoms with Crippen LogP contribution in [-0.2, 0) is 10.3 Å². The lowest BCUT2D eigenvalue weighted by atomic mass is 9.93. The van der Waals surface area contributed by atoms with Crippen molar-refractivity contribution >= 4 is 6.08 Å². The molecule has 0 saturated heterocycles. The Morgan fingerprint density at radius 2 is 1.93 bits per heavy atom. The van der Waals surface area contributed by atoms with Gasteiger partial charge in [0, 0.05) is 0 Å². The number of carbonyl (C=O) groups excluding carboxylic acids is 1. The largest absolute Gasteiger partial charge is 0.236 e. The minimum Gasteiger partial charge on any atom is -0.211 e. The van der Waals surface area contributed by atoms with E-state index < -0.39 is 5.54 Å². The highest BCUT2D eigenvalue weighted by atomic mass is 16.1. The molecule has 0 aromatic heterocycles. The third-order valence-corrected chi connectivity index (χ3v) is 1.97. The predicted octanol–water partition coefficient (Wildman–Crippen LogP) is 2.26. The molecule has 0 fully saturated rings. The zero-order valence-corrected chi connectivity index (χ0v) is 8.24. The second kappa shape index (κ2) is 4.41. The van der Waals surface area contributed by atoms with E-state index in [9.17, 15) is 4.79 Å². The van der Waals surface area contributed by atoms with Crippen LogP contribution in [0.25, 0.3) is 0 Å². The number of nitrogens with zero attached hydrogens (tertiary/aromatic N) is 1. The van der Waals surface area contributed by atoms with Crippen molar-refractivity contribution in [3.8, 4) is 11.8 Å². The van der Waals surface area contributed by atoms with Gasteiger partial charge in [-0.15, -0.1) is 5.92 Å². The van der Waals surface area contributed by atoms with E-state index in [0.717, 1.165) is 5.56 Å². The fourth-order valence-electron chi connectivity index (χ4n) is 1.26. The molecule has 2 nitrogen and oxygen atoms in total. The Morgan fingerprint density at radius 3 is 2.43 bits per heavy atom. The Balaban J connectivity index is 3.23. The first kappa shape index (κ1) is 10.2. The SMILES string of the molecule is CC#CC(C)(N=C=O)c1ccccc1. The van der Waals surface area contributed by atoms with Crippen molar-refractivity contribution in [1.82, 2.24) is 0 Å². The zero-order valence-electron chi connectivity index (χ0n) is 8.24. The lowest BCUT2D eigenvalue weighted by molar-refractivity contribution is 0.550. The molecular weight excluding hydrogens is 174 g/mol. The molecule has 0 N–H and O–H groups in total. The molecule has 0 aliphatic rings. The first-order valence-corrected chi connectivity index (χ1v) is 4.31. The normalized spacial score (nSPS) is 13.0. The van der Waals surface area contributed by atoms with Crippen LogP contribution in [-0.4, -0.2) is 6.08 Å². The van der Waals surface area contributed by atoms with Crippen molar-refractivity contribution in [3.05, 3.63) is 35.9 Å². The quantitative estimate of drug-likeness (QED) is 0.395. The molecule has 1 rings (SSSR count). The Bertz CT molecular complexity index is 407. The fraction of sp³-hybridized carbons (Fsp3) is 0.250. The topological polar surface area (TPSA) is 29.4 Å². The van der Waals surface area contributed by atoms with Gasteiger partial charge in [0.1, 0.15) is 0 Å². The molecule has 0 bridgehead atoms. The van der Waals surface area contributed by atoms with Crippen molar-refractivity contribution < 1.29 is 4.79 Å². The standard InChI is InChI=1S/C12H11NO/c1-3-9-12(2,13-10-14)11-7-5-4-6-8-11/h4-8H,1-2H3. The Morgan fingerprint density at radius 1 is 1.29 bits per heavy atom. The maximum absolute atomic E-state index is 10.3. The van der Waals surface area contributed by atoms with Crippen LogP contribution in [0, 0.1) is 11.8 Å². The smallest absolute Gasteiger partial charge is 0.211 e. The Labute approximate surface area is 83.7 Å². The second-order valence-electron chi connectivity index (χ2n) is 3.02. The highest BCUT2D eigenvalue weighted by Gasteiger charge is 2.22. The highest BCUT2D eigenvalue weighted by Crippen LogP contribution is 2.23. The van der Waals surface area contributed by atoms with Gasteiger partial charge in [-0.25, -0.2) is 4.79 Å². The van der Waals surface area contributed by atoms with Crippen LogP contribution in [0.1, 0.15) is 19.4 Å². The molecule has 0 heterocycles. The average Bonchev–Trinajstić information content (AvgIpc) is 2.20. The van der Waals surface area contributed by atoms with Gasteiger partial charge in [0.25, 0.3) is 0 Å². The van der Waals surface area contributed by atoms with E-state index in [1.54, 1.807) is 19.9 Å². The Hall–Kier alpha value is -1.84. The zero-order chi connectivity index (χ0) is 10.4. The van der Waals surface area contributed by atoms with Crippen LogP contribution < -0.4 is 0 Å². The third-order valence-electron chi connectivity index (χ3n) is 1.97. The van der Waals surface area contributed by atoms with E-state index in [0.29, 0.717) is 0 Å². The van der Waals surface area contributed by atoms with Gasteiger partial charge >= 0.3 is 0 Å². The number of benzene rings is 1. The van der Waals surface area contributed by atoms with Crippen molar-refractivity contribution in [2.24, 2.45) is 4.99 Å². The summed E-state index contributed by atoms with van der Waals surface area (Å²) in [5.74, 6) is 5.67. The molecule has 1 aromatic rings. The number of rotatable bonds is 2. The minimum atomic E-state index is -0.766. The van der Waals surface area contributed by atoms with Crippen molar-refractivity contribution in [2.75, 3.05) is 0 Å². The van der Waals surface area contributed by atoms with Crippen LogP contribution in [0.15, 0.2) is 35.3 Å². The Kier molecular flexibility index (Phi) is 3.23. The van der Waals surface area contributed by atoms with E-state index in [1.807, 2.05) is 30.3 Å². The molecule has 70 valence electrons. The van der Waals surface area contributed by atoms with Crippen LogP contribution in [0.4, 0.5) is 0 Å². The highest BCUT2D eigenvalue weighted by molar-refractivity contribution is 5.42. The van der Waals surface area contributed by atoms with Gasteiger partial charge in [-0.2, -0.15) is 4.99 Å². The maximum atomic E-state index is 10.3. The summed E-state index contributed by atoms with van der Waals surface area (Å²) in [5.41, 5.74) is 0.135. The van der Waals surface area contributed by atoms with E-state index in [2.05, 4.69) is 16.8 Å². The lowest BCUT2D eigenvalue weighted by Crippen LogP contribution is -2.15. The molecule has 0 spiro atoms. The van der Waals surface area contributed by atoms with E-state index in [1.165, 1.54) is 0 Å². The molecule has 14 heavy (non-hydrogen) atoms. The number of hydrogen-bond donors (Lipinski definition) is 0.